The molecule has 0 atom stereocenters. The molecule has 0 bridgehead atoms. The number of nitrogens with zero attached hydrogens (tertiary/aromatic N) is 2. The van der Waals surface area contributed by atoms with Gasteiger partial charge in [-0.2, -0.15) is 0 Å². The van der Waals surface area contributed by atoms with Crippen LogP contribution in [-0.2, 0) is 11.2 Å². The van der Waals surface area contributed by atoms with Gasteiger partial charge in [0, 0.05) is 23.5 Å². The number of amides is 1. The fraction of sp³-hybridized carbons (Fsp3) is 0.231. The van der Waals surface area contributed by atoms with Crippen molar-refractivity contribution in [3.05, 3.63) is 77.1 Å². The molecule has 4 aromatic rings. The summed E-state index contributed by atoms with van der Waals surface area (Å²) in [7, 11) is 3.15. The number of ether oxygens (including phenoxy) is 2. The zero-order chi connectivity index (χ0) is 22.8. The van der Waals surface area contributed by atoms with E-state index in [2.05, 4.69) is 37.4 Å². The maximum Gasteiger partial charge on any atom is 0.230 e. The lowest BCUT2D eigenvalue weighted by atomic mass is 10.0. The number of benzene rings is 2. The van der Waals surface area contributed by atoms with Gasteiger partial charge in [-0.25, -0.2) is 4.98 Å². The van der Waals surface area contributed by atoms with Gasteiger partial charge in [0.05, 0.1) is 32.0 Å². The van der Waals surface area contributed by atoms with Crippen LogP contribution in [-0.4, -0.2) is 29.5 Å². The number of methoxy groups -OCH3 is 2. The Balaban J connectivity index is 1.71. The van der Waals surface area contributed by atoms with Crippen LogP contribution in [0.4, 0.5) is 5.69 Å². The number of anilines is 1. The number of aryl methyl sites for hydroxylation is 3. The molecule has 0 saturated carbocycles. The van der Waals surface area contributed by atoms with Crippen molar-refractivity contribution in [3.63, 3.8) is 0 Å². The zero-order valence-electron chi connectivity index (χ0n) is 19.0. The zero-order valence-corrected chi connectivity index (χ0v) is 19.0. The second-order valence-electron chi connectivity index (χ2n) is 7.89. The van der Waals surface area contributed by atoms with E-state index in [-0.39, 0.29) is 12.3 Å². The number of pyridine rings is 1. The van der Waals surface area contributed by atoms with Crippen LogP contribution < -0.4 is 14.8 Å². The normalized spacial score (nSPS) is 10.9. The molecular weight excluding hydrogens is 402 g/mol. The van der Waals surface area contributed by atoms with Crippen LogP contribution in [0.5, 0.6) is 11.5 Å². The van der Waals surface area contributed by atoms with Crippen molar-refractivity contribution >= 4 is 17.2 Å². The third-order valence-corrected chi connectivity index (χ3v) is 5.72. The number of hydrogen-bond donors (Lipinski definition) is 1. The van der Waals surface area contributed by atoms with Crippen LogP contribution in [0, 0.1) is 20.8 Å². The molecular formula is C26H27N3O3. The third-order valence-electron chi connectivity index (χ3n) is 5.72. The molecule has 0 unspecified atom stereocenters. The smallest absolute Gasteiger partial charge is 0.230 e. The molecule has 0 aliphatic rings. The van der Waals surface area contributed by atoms with E-state index in [0.717, 1.165) is 28.2 Å². The first kappa shape index (κ1) is 21.4. The van der Waals surface area contributed by atoms with E-state index in [4.69, 9.17) is 14.5 Å². The number of nitrogens with one attached hydrogen (secondary N) is 1. The van der Waals surface area contributed by atoms with Crippen LogP contribution in [0.3, 0.4) is 0 Å². The van der Waals surface area contributed by atoms with Gasteiger partial charge in [0.2, 0.25) is 5.91 Å². The molecule has 0 radical (unpaired) electrons. The molecule has 1 amide bonds. The topological polar surface area (TPSA) is 64.9 Å². The average molecular weight is 430 g/mol. The Morgan fingerprint density at radius 3 is 2.44 bits per heavy atom. The van der Waals surface area contributed by atoms with Gasteiger partial charge in [-0.15, -0.1) is 0 Å². The predicted molar refractivity (Wildman–Crippen MR) is 127 cm³/mol. The first-order valence-electron chi connectivity index (χ1n) is 10.5. The molecule has 6 heteroatoms. The lowest BCUT2D eigenvalue weighted by Crippen LogP contribution is -2.16. The molecule has 32 heavy (non-hydrogen) atoms. The van der Waals surface area contributed by atoms with Crippen LogP contribution in [0.15, 0.2) is 54.7 Å². The summed E-state index contributed by atoms with van der Waals surface area (Å²) in [4.78, 5) is 18.0. The fourth-order valence-electron chi connectivity index (χ4n) is 3.81. The van der Waals surface area contributed by atoms with Crippen LogP contribution in [0.1, 0.15) is 22.4 Å². The van der Waals surface area contributed by atoms with Crippen LogP contribution in [0.25, 0.3) is 16.9 Å². The van der Waals surface area contributed by atoms with Gasteiger partial charge >= 0.3 is 0 Å². The predicted octanol–water partition coefficient (Wildman–Crippen LogP) is 5.12. The van der Waals surface area contributed by atoms with Crippen molar-refractivity contribution in [2.24, 2.45) is 0 Å². The summed E-state index contributed by atoms with van der Waals surface area (Å²) < 4.78 is 12.6. The van der Waals surface area contributed by atoms with Gasteiger partial charge in [-0.3, -0.25) is 4.79 Å². The summed E-state index contributed by atoms with van der Waals surface area (Å²) >= 11 is 0. The Labute approximate surface area is 187 Å². The van der Waals surface area contributed by atoms with Gasteiger partial charge in [0.25, 0.3) is 0 Å². The summed E-state index contributed by atoms with van der Waals surface area (Å²) in [6.07, 6.45) is 2.14. The van der Waals surface area contributed by atoms with Crippen molar-refractivity contribution in [1.29, 1.82) is 0 Å². The molecule has 0 fully saturated rings. The largest absolute Gasteiger partial charge is 0.493 e. The molecule has 2 aromatic carbocycles. The van der Waals surface area contributed by atoms with Crippen molar-refractivity contribution in [2.45, 2.75) is 27.2 Å². The van der Waals surface area contributed by atoms with E-state index in [1.165, 1.54) is 11.1 Å². The van der Waals surface area contributed by atoms with Gasteiger partial charge < -0.3 is 19.2 Å². The van der Waals surface area contributed by atoms with E-state index >= 15 is 0 Å². The van der Waals surface area contributed by atoms with Crippen molar-refractivity contribution in [2.75, 3.05) is 19.5 Å². The number of fused-ring (bicyclic) bond motifs is 1. The van der Waals surface area contributed by atoms with Gasteiger partial charge in [0.1, 0.15) is 5.65 Å². The average Bonchev–Trinajstić information content (AvgIpc) is 3.15. The minimum Gasteiger partial charge on any atom is -0.493 e. The monoisotopic (exact) mass is 429 g/mol. The number of hydrogen-bond acceptors (Lipinski definition) is 4. The molecule has 2 aromatic heterocycles. The lowest BCUT2D eigenvalue weighted by molar-refractivity contribution is -0.115. The number of aromatic nitrogens is 2. The molecule has 2 heterocycles. The molecule has 1 N–H and O–H groups in total. The molecule has 0 aliphatic carbocycles. The maximum absolute atomic E-state index is 13.0. The van der Waals surface area contributed by atoms with E-state index in [0.29, 0.717) is 17.2 Å². The highest BCUT2D eigenvalue weighted by molar-refractivity contribution is 5.93. The quantitative estimate of drug-likeness (QED) is 0.462. The summed E-state index contributed by atoms with van der Waals surface area (Å²) in [5.41, 5.74) is 7.66. The highest BCUT2D eigenvalue weighted by Crippen LogP contribution is 2.31. The molecule has 0 aliphatic heterocycles. The van der Waals surface area contributed by atoms with Crippen molar-refractivity contribution in [3.8, 4) is 22.8 Å². The standard InChI is InChI=1S/C26H27N3O3/c1-16-8-9-19(13-18(16)3)25-21(29-12-6-7-17(2)26(29)28-25)15-24(30)27-20-10-11-22(31-4)23(14-20)32-5/h6-14H,15H2,1-5H3,(H,27,30). The lowest BCUT2D eigenvalue weighted by Gasteiger charge is -2.11. The number of imidazole rings is 1. The second kappa shape index (κ2) is 8.75. The SMILES string of the molecule is COc1ccc(NC(=O)Cc2c(-c3ccc(C)c(C)c3)nc3c(C)cccn23)cc1OC. The second-order valence-corrected chi connectivity index (χ2v) is 7.89. The Morgan fingerprint density at radius 2 is 1.72 bits per heavy atom. The van der Waals surface area contributed by atoms with Crippen molar-refractivity contribution in [1.82, 2.24) is 9.38 Å². The highest BCUT2D eigenvalue weighted by Gasteiger charge is 2.19. The Bertz CT molecular complexity index is 1310. The first-order valence-corrected chi connectivity index (χ1v) is 10.5. The van der Waals surface area contributed by atoms with Gasteiger partial charge in [-0.1, -0.05) is 18.2 Å². The Kier molecular flexibility index (Phi) is 5.86. The molecule has 0 spiro atoms. The van der Waals surface area contributed by atoms with E-state index in [1.54, 1.807) is 32.4 Å². The fourth-order valence-corrected chi connectivity index (χ4v) is 3.81. The molecule has 6 nitrogen and oxygen atoms in total. The maximum atomic E-state index is 13.0. The number of carbonyl (C=O) groups is 1. The van der Waals surface area contributed by atoms with Gasteiger partial charge in [0.15, 0.2) is 11.5 Å². The summed E-state index contributed by atoms with van der Waals surface area (Å²) in [5.74, 6) is 1.04. The van der Waals surface area contributed by atoms with E-state index in [1.807, 2.05) is 29.7 Å². The minimum atomic E-state index is -0.134. The highest BCUT2D eigenvalue weighted by atomic mass is 16.5. The van der Waals surface area contributed by atoms with Crippen molar-refractivity contribution < 1.29 is 14.3 Å². The molecule has 0 saturated heterocycles. The van der Waals surface area contributed by atoms with Crippen LogP contribution >= 0.6 is 0 Å². The third kappa shape index (κ3) is 4.04. The van der Waals surface area contributed by atoms with Crippen LogP contribution in [0.2, 0.25) is 0 Å². The molecule has 164 valence electrons. The molecule has 4 rings (SSSR count). The number of carbonyl (C=O) groups excluding carboxylic acids is 1. The Hall–Kier alpha value is -3.80. The summed E-state index contributed by atoms with van der Waals surface area (Å²) in [5, 5.41) is 2.97. The summed E-state index contributed by atoms with van der Waals surface area (Å²) in [6.45, 7) is 6.20. The van der Waals surface area contributed by atoms with Gasteiger partial charge in [-0.05, 0) is 61.7 Å². The first-order chi connectivity index (χ1) is 15.4. The van der Waals surface area contributed by atoms with E-state index in [9.17, 15) is 4.79 Å². The Morgan fingerprint density at radius 1 is 0.938 bits per heavy atom. The summed E-state index contributed by atoms with van der Waals surface area (Å²) in [6, 6.07) is 15.6. The minimum absolute atomic E-state index is 0.134. The number of rotatable bonds is 6. The van der Waals surface area contributed by atoms with E-state index < -0.39 is 0 Å².